The summed E-state index contributed by atoms with van der Waals surface area (Å²) >= 11 is 0. The number of carbonyl (C=O) groups excluding carboxylic acids is 2. The minimum Gasteiger partial charge on any atom is -0.487 e. The molecule has 0 spiro atoms. The number of aliphatic hydroxyl groups is 4. The zero-order valence-electron chi connectivity index (χ0n) is 60.9. The first kappa shape index (κ1) is 79.2. The second-order valence-electron chi connectivity index (χ2n) is 29.8. The molecule has 0 saturated heterocycles. The molecule has 0 bridgehead atoms. The van der Waals surface area contributed by atoms with Crippen LogP contribution in [0.15, 0.2) is 86.1 Å². The molecule has 6 aromatic heterocycles. The van der Waals surface area contributed by atoms with E-state index in [0.717, 1.165) is 57.1 Å². The molecule has 2 fully saturated rings. The molecule has 23 nitrogen and oxygen atoms in total. The highest BCUT2D eigenvalue weighted by Crippen LogP contribution is 2.45. The number of allylic oxidation sites excluding steroid dienone is 1. The van der Waals surface area contributed by atoms with Crippen molar-refractivity contribution in [1.29, 1.82) is 0 Å². The predicted octanol–water partition coefficient (Wildman–Crippen LogP) is 13.3. The van der Waals surface area contributed by atoms with Gasteiger partial charge in [-0.05, 0) is 147 Å². The molecule has 0 radical (unpaired) electrons. The van der Waals surface area contributed by atoms with Gasteiger partial charge in [0.25, 0.3) is 19.3 Å². The molecule has 3 aliphatic heterocycles. The Morgan fingerprint density at radius 2 is 0.872 bits per heavy atom. The number of amides is 2. The lowest BCUT2D eigenvalue weighted by Crippen LogP contribution is -2.40. The lowest BCUT2D eigenvalue weighted by atomic mass is 9.95. The Morgan fingerprint density at radius 3 is 1.28 bits per heavy atom. The number of carbonyl (C=O) groups is 2. The number of hydrogen-bond acceptors (Lipinski definition) is 18. The number of aromatic nitrogens is 9. The second kappa shape index (κ2) is 31.6. The van der Waals surface area contributed by atoms with Gasteiger partial charge in [0, 0.05) is 90.3 Å². The van der Waals surface area contributed by atoms with Gasteiger partial charge in [-0.1, -0.05) is 6.08 Å². The van der Waals surface area contributed by atoms with Crippen molar-refractivity contribution in [1.82, 2.24) is 58.7 Å². The Bertz CT molecular complexity index is 4920. The maximum absolute atomic E-state index is 15.1. The zero-order chi connectivity index (χ0) is 77.3. The highest BCUT2D eigenvalue weighted by atomic mass is 35.5. The third-order valence-corrected chi connectivity index (χ3v) is 20.5. The lowest BCUT2D eigenvalue weighted by molar-refractivity contribution is -0.0170. The van der Waals surface area contributed by atoms with Gasteiger partial charge in [-0.25, -0.2) is 79.0 Å². The number of alkyl halides is 6. The van der Waals surface area contributed by atoms with Crippen LogP contribution in [0.2, 0.25) is 0 Å². The molecule has 3 aromatic carbocycles. The summed E-state index contributed by atoms with van der Waals surface area (Å²) < 4.78 is 161. The summed E-state index contributed by atoms with van der Waals surface area (Å²) in [6.45, 7) is 16.9. The third-order valence-electron chi connectivity index (χ3n) is 20.5. The number of rotatable bonds is 12. The van der Waals surface area contributed by atoms with Crippen LogP contribution < -0.4 is 19.5 Å². The fourth-order valence-electron chi connectivity index (χ4n) is 15.0. The number of fused-ring (bicyclic) bond motifs is 6. The van der Waals surface area contributed by atoms with Gasteiger partial charge in [-0.2, -0.15) is 0 Å². The monoisotopic (exact) mass is 1550 g/mol. The summed E-state index contributed by atoms with van der Waals surface area (Å²) in [7, 11) is 0. The highest BCUT2D eigenvalue weighted by molar-refractivity contribution is 5.85. The number of aliphatic hydroxyl groups excluding tert-OH is 4. The van der Waals surface area contributed by atoms with Crippen LogP contribution in [0.4, 0.5) is 49.1 Å². The Morgan fingerprint density at radius 1 is 0.495 bits per heavy atom. The van der Waals surface area contributed by atoms with Crippen molar-refractivity contribution in [3.63, 3.8) is 0 Å². The number of benzene rings is 3. The molecule has 9 heterocycles. The largest absolute Gasteiger partial charge is 0.487 e. The maximum Gasteiger partial charge on any atom is 0.410 e. The molecular formula is C76H84ClF9N12O11. The summed E-state index contributed by atoms with van der Waals surface area (Å²) in [5.41, 5.74) is 2.26. The quantitative estimate of drug-likeness (QED) is 0.0562. The van der Waals surface area contributed by atoms with Gasteiger partial charge in [-0.3, -0.25) is 0 Å². The number of aryl methyl sites for hydroxylation is 3. The van der Waals surface area contributed by atoms with Gasteiger partial charge in [0.2, 0.25) is 0 Å². The number of nitrogens with zero attached hydrogens (tertiary/aromatic N) is 11. The molecule has 584 valence electrons. The van der Waals surface area contributed by atoms with E-state index in [1.165, 1.54) is 28.8 Å². The smallest absolute Gasteiger partial charge is 0.410 e. The molecule has 5 N–H and O–H groups in total. The molecule has 33 heteroatoms. The van der Waals surface area contributed by atoms with E-state index in [9.17, 15) is 60.7 Å². The van der Waals surface area contributed by atoms with E-state index in [0.29, 0.717) is 35.4 Å². The van der Waals surface area contributed by atoms with Crippen LogP contribution in [0.3, 0.4) is 0 Å². The van der Waals surface area contributed by atoms with Gasteiger partial charge in [0.05, 0.1) is 65.0 Å². The van der Waals surface area contributed by atoms with E-state index >= 15 is 8.78 Å². The number of nitrogens with one attached hydrogen (secondary N) is 1. The normalized spacial score (nSPS) is 22.5. The molecule has 2 amide bonds. The van der Waals surface area contributed by atoms with Crippen LogP contribution in [0.5, 0.6) is 17.2 Å². The maximum atomic E-state index is 15.1. The average Bonchev–Trinajstić information content (AvgIpc) is 1.75. The Kier molecular flexibility index (Phi) is 22.9. The number of ether oxygens (including phenoxy) is 5. The molecular weight excluding hydrogens is 1460 g/mol. The second-order valence-corrected chi connectivity index (χ2v) is 29.8. The minimum absolute atomic E-state index is 0. The molecule has 9 aromatic rings. The van der Waals surface area contributed by atoms with Crippen LogP contribution in [0.25, 0.3) is 33.1 Å². The van der Waals surface area contributed by atoms with Crippen molar-refractivity contribution in [2.45, 2.75) is 212 Å². The molecule has 15 rings (SSSR count). The van der Waals surface area contributed by atoms with Crippen LogP contribution in [0, 0.1) is 38.2 Å². The van der Waals surface area contributed by atoms with Gasteiger partial charge >= 0.3 is 12.2 Å². The van der Waals surface area contributed by atoms with Crippen LogP contribution in [-0.4, -0.2) is 160 Å². The van der Waals surface area contributed by atoms with E-state index in [1.807, 2.05) is 61.9 Å². The van der Waals surface area contributed by atoms with Crippen LogP contribution >= 0.6 is 12.4 Å². The standard InChI is InChI=1S/C27H31F3N4O5.C27H29F3N4O3.C22H23F3N4O3.ClH/c1-13-14-6-8-34(25(14)32-12-31-13)18-10-20(23(36)22(18)35)38-19-9-16(24(29)30)21(28)15-5-7-33(11-17(15)19)26(37)39-27(2,3)4;1-15-18-8-10-34(25(18)32-14-31-15)16-5-6-17(11-16)36-22-12-20(24(29)30)23(28)19-7-9-33(13-21(19)22)26(35)37-27(2,3)4;1-10-11-3-5-29(22(11)28-9-27-10)15-7-17(20(31)19(15)30)32-16-6-13(21(24)25)18(23)12-2-4-26-8-14(12)16;/h6,8-9,12,18,20,22-24,35-36H,5,7,10-11H2,1-4H3;5-6,8,10,12,14,16-17,24H,7,9,11,13H2,1-4H3;3,5-6,9,15,17,19-21,26,30-31H,2,4,7-8H2,1H3;1H/t18-,20+,22+,23-;16-,17+;15-,17+,19+,20-;/m101./s1. The molecule has 6 aliphatic rings. The van der Waals surface area contributed by atoms with Crippen LogP contribution in [0.1, 0.15) is 165 Å². The molecule has 2 saturated carbocycles. The first-order valence-electron chi connectivity index (χ1n) is 35.5. The fourth-order valence-corrected chi connectivity index (χ4v) is 15.0. The van der Waals surface area contributed by atoms with Crippen molar-refractivity contribution in [3.8, 4) is 17.2 Å². The summed E-state index contributed by atoms with van der Waals surface area (Å²) in [4.78, 5) is 53.8. The SMILES string of the molecule is Cc1ncnc2c1ccn2[C@@H]1C[C@H](Oc2cc(C(F)F)c(F)c3c2CN(C(=O)OC(C)(C)C)CC3)[C@@H](O)[C@H]1O.Cc1ncnc2c1ccn2[C@@H]1C[C@H](Oc2cc(C(F)F)c(F)c3c2CNCC3)[C@@H](O)[C@H]1O.Cc1ncnc2c1ccn2[C@H]1C=C[C@@H](Oc2cc(C(F)F)c(F)c3c2CN(C(=O)OC(C)(C)C)CC3)C1.Cl. The van der Waals surface area contributed by atoms with Crippen LogP contribution in [-0.2, 0) is 48.4 Å². The van der Waals surface area contributed by atoms with E-state index < -0.39 is 132 Å². The third kappa shape index (κ3) is 16.0. The molecule has 109 heavy (non-hydrogen) atoms. The Labute approximate surface area is 626 Å². The van der Waals surface area contributed by atoms with E-state index in [4.69, 9.17) is 23.7 Å². The van der Waals surface area contributed by atoms with Gasteiger partial charge in [-0.15, -0.1) is 12.4 Å². The number of hydrogen-bond donors (Lipinski definition) is 5. The van der Waals surface area contributed by atoms with Crippen molar-refractivity contribution < 1.29 is 93.2 Å². The summed E-state index contributed by atoms with van der Waals surface area (Å²) in [6, 6.07) is 7.41. The van der Waals surface area contributed by atoms with Crippen molar-refractivity contribution in [3.05, 3.63) is 171 Å². The van der Waals surface area contributed by atoms with E-state index in [2.05, 4.69) is 35.2 Å². The number of halogens is 10. The topological polar surface area (TPSA) is 272 Å². The van der Waals surface area contributed by atoms with Crippen molar-refractivity contribution in [2.75, 3.05) is 19.6 Å². The van der Waals surface area contributed by atoms with Gasteiger partial charge in [0.1, 0.15) is 125 Å². The molecule has 10 atom stereocenters. The first-order valence-corrected chi connectivity index (χ1v) is 35.5. The first-order chi connectivity index (χ1) is 51.2. The van der Waals surface area contributed by atoms with Crippen molar-refractivity contribution >= 4 is 57.7 Å². The predicted molar refractivity (Wildman–Crippen MR) is 382 cm³/mol. The zero-order valence-corrected chi connectivity index (χ0v) is 61.8. The lowest BCUT2D eigenvalue weighted by Gasteiger charge is -2.33. The minimum atomic E-state index is -3.09. The van der Waals surface area contributed by atoms with Crippen molar-refractivity contribution in [2.24, 2.45) is 0 Å². The fraction of sp³-hybridized carbons (Fsp3) is 0.474. The van der Waals surface area contributed by atoms with E-state index in [1.54, 1.807) is 63.1 Å². The van der Waals surface area contributed by atoms with Gasteiger partial charge < -0.3 is 72.9 Å². The molecule has 0 unspecified atom stereocenters. The average molecular weight is 1550 g/mol. The van der Waals surface area contributed by atoms with E-state index in [-0.39, 0.29) is 123 Å². The summed E-state index contributed by atoms with van der Waals surface area (Å²) in [6.07, 6.45) is -2.63. The Balaban J connectivity index is 0.000000152. The highest BCUT2D eigenvalue weighted by Gasteiger charge is 2.47. The summed E-state index contributed by atoms with van der Waals surface area (Å²) in [5.74, 6) is -2.67. The Hall–Kier alpha value is -9.34. The molecule has 3 aliphatic carbocycles. The van der Waals surface area contributed by atoms with Gasteiger partial charge in [0.15, 0.2) is 0 Å². The summed E-state index contributed by atoms with van der Waals surface area (Å²) in [5, 5.41) is 48.9.